The molecule has 0 unspecified atom stereocenters. The Morgan fingerprint density at radius 2 is 2.38 bits per heavy atom. The minimum Gasteiger partial charge on any atom is -0.496 e. The summed E-state index contributed by atoms with van der Waals surface area (Å²) in [6, 6.07) is 1.90. The molecule has 0 aliphatic carbocycles. The number of H-pyrrole nitrogens is 1. The quantitative estimate of drug-likeness (QED) is 0.753. The van der Waals surface area contributed by atoms with E-state index in [9.17, 15) is 0 Å². The maximum absolute atomic E-state index is 5.36. The number of hydrogen-bond donors (Lipinski definition) is 2. The fourth-order valence-electron chi connectivity index (χ4n) is 1.91. The molecular formula is C12H17N3O. The van der Waals surface area contributed by atoms with Gasteiger partial charge in [0.05, 0.1) is 12.5 Å². The van der Waals surface area contributed by atoms with Crippen molar-refractivity contribution in [1.29, 1.82) is 0 Å². The van der Waals surface area contributed by atoms with Gasteiger partial charge in [-0.25, -0.2) is 4.98 Å². The molecule has 0 fully saturated rings. The SMILES string of the molecule is CNCCCc1c[nH]c2nccc(OC)c12. The molecule has 0 aromatic carbocycles. The van der Waals surface area contributed by atoms with Crippen LogP contribution in [0.5, 0.6) is 5.75 Å². The second-order valence-corrected chi connectivity index (χ2v) is 3.76. The molecule has 4 nitrogen and oxygen atoms in total. The summed E-state index contributed by atoms with van der Waals surface area (Å²) < 4.78 is 5.36. The smallest absolute Gasteiger partial charge is 0.141 e. The lowest BCUT2D eigenvalue weighted by Crippen LogP contribution is -2.08. The number of pyridine rings is 1. The van der Waals surface area contributed by atoms with Crippen molar-refractivity contribution in [2.75, 3.05) is 20.7 Å². The molecule has 2 rings (SSSR count). The molecule has 0 saturated heterocycles. The van der Waals surface area contributed by atoms with Crippen LogP contribution in [0.3, 0.4) is 0 Å². The standard InChI is InChI=1S/C12H17N3O/c1-13-6-3-4-9-8-15-12-11(9)10(16-2)5-7-14-12/h5,7-8,13H,3-4,6H2,1-2H3,(H,14,15). The number of nitrogens with one attached hydrogen (secondary N) is 2. The van der Waals surface area contributed by atoms with E-state index in [-0.39, 0.29) is 0 Å². The molecule has 0 atom stereocenters. The van der Waals surface area contributed by atoms with Crippen molar-refractivity contribution < 1.29 is 4.74 Å². The molecular weight excluding hydrogens is 202 g/mol. The van der Waals surface area contributed by atoms with Crippen LogP contribution in [0.15, 0.2) is 18.5 Å². The molecule has 0 bridgehead atoms. The van der Waals surface area contributed by atoms with E-state index in [0.29, 0.717) is 0 Å². The lowest BCUT2D eigenvalue weighted by Gasteiger charge is -2.04. The second-order valence-electron chi connectivity index (χ2n) is 3.76. The highest BCUT2D eigenvalue weighted by Gasteiger charge is 2.09. The van der Waals surface area contributed by atoms with Gasteiger partial charge in [0.1, 0.15) is 11.4 Å². The number of aromatic amines is 1. The molecule has 0 saturated carbocycles. The molecule has 86 valence electrons. The topological polar surface area (TPSA) is 49.9 Å². The average molecular weight is 219 g/mol. The maximum Gasteiger partial charge on any atom is 0.141 e. The number of hydrogen-bond acceptors (Lipinski definition) is 3. The number of rotatable bonds is 5. The van der Waals surface area contributed by atoms with Crippen LogP contribution in [0.2, 0.25) is 0 Å². The van der Waals surface area contributed by atoms with Gasteiger partial charge in [-0.3, -0.25) is 0 Å². The van der Waals surface area contributed by atoms with Crippen LogP contribution in [0, 0.1) is 0 Å². The Bertz CT molecular complexity index is 464. The number of methoxy groups -OCH3 is 1. The van der Waals surface area contributed by atoms with Gasteiger partial charge in [-0.15, -0.1) is 0 Å². The van der Waals surface area contributed by atoms with Gasteiger partial charge in [0.25, 0.3) is 0 Å². The van der Waals surface area contributed by atoms with Crippen LogP contribution >= 0.6 is 0 Å². The van der Waals surface area contributed by atoms with Crippen LogP contribution in [0.4, 0.5) is 0 Å². The van der Waals surface area contributed by atoms with Gasteiger partial charge in [-0.1, -0.05) is 0 Å². The lowest BCUT2D eigenvalue weighted by atomic mass is 10.1. The molecule has 2 heterocycles. The molecule has 16 heavy (non-hydrogen) atoms. The van der Waals surface area contributed by atoms with E-state index >= 15 is 0 Å². The van der Waals surface area contributed by atoms with Crippen LogP contribution < -0.4 is 10.1 Å². The van der Waals surface area contributed by atoms with E-state index in [1.54, 1.807) is 13.3 Å². The Morgan fingerprint density at radius 1 is 1.50 bits per heavy atom. The average Bonchev–Trinajstić information content (AvgIpc) is 2.73. The van der Waals surface area contributed by atoms with Crippen molar-refractivity contribution in [1.82, 2.24) is 15.3 Å². The molecule has 0 aliphatic rings. The van der Waals surface area contributed by atoms with E-state index in [2.05, 4.69) is 15.3 Å². The zero-order chi connectivity index (χ0) is 11.4. The van der Waals surface area contributed by atoms with Gasteiger partial charge in [0.15, 0.2) is 0 Å². The Hall–Kier alpha value is -1.55. The lowest BCUT2D eigenvalue weighted by molar-refractivity contribution is 0.419. The summed E-state index contributed by atoms with van der Waals surface area (Å²) in [4.78, 5) is 7.47. The summed E-state index contributed by atoms with van der Waals surface area (Å²) in [7, 11) is 3.66. The van der Waals surface area contributed by atoms with E-state index in [0.717, 1.165) is 36.2 Å². The van der Waals surface area contributed by atoms with Gasteiger partial charge < -0.3 is 15.0 Å². The summed E-state index contributed by atoms with van der Waals surface area (Å²) in [6.07, 6.45) is 5.93. The molecule has 2 N–H and O–H groups in total. The van der Waals surface area contributed by atoms with Crippen molar-refractivity contribution in [3.8, 4) is 5.75 Å². The Kier molecular flexibility index (Phi) is 3.41. The summed E-state index contributed by atoms with van der Waals surface area (Å²) in [5.74, 6) is 0.894. The summed E-state index contributed by atoms with van der Waals surface area (Å²) in [6.45, 7) is 1.02. The highest BCUT2D eigenvalue weighted by atomic mass is 16.5. The number of fused-ring (bicyclic) bond motifs is 1. The predicted molar refractivity (Wildman–Crippen MR) is 64.9 cm³/mol. The number of aromatic nitrogens is 2. The zero-order valence-corrected chi connectivity index (χ0v) is 9.71. The predicted octanol–water partition coefficient (Wildman–Crippen LogP) is 1.72. The van der Waals surface area contributed by atoms with Crippen molar-refractivity contribution in [3.63, 3.8) is 0 Å². The Labute approximate surface area is 95.0 Å². The Balaban J connectivity index is 2.30. The van der Waals surface area contributed by atoms with Gasteiger partial charge >= 0.3 is 0 Å². The first kappa shape index (κ1) is 11.0. The van der Waals surface area contributed by atoms with E-state index < -0.39 is 0 Å². The Morgan fingerprint density at radius 3 is 3.12 bits per heavy atom. The van der Waals surface area contributed by atoms with Crippen molar-refractivity contribution in [2.45, 2.75) is 12.8 Å². The van der Waals surface area contributed by atoms with E-state index in [1.165, 1.54) is 5.56 Å². The van der Waals surface area contributed by atoms with Gasteiger partial charge in [0.2, 0.25) is 0 Å². The van der Waals surface area contributed by atoms with E-state index in [4.69, 9.17) is 4.74 Å². The van der Waals surface area contributed by atoms with Crippen LogP contribution in [-0.4, -0.2) is 30.7 Å². The number of aryl methyl sites for hydroxylation is 1. The zero-order valence-electron chi connectivity index (χ0n) is 9.71. The third kappa shape index (κ3) is 2.02. The van der Waals surface area contributed by atoms with Crippen LogP contribution in [0.1, 0.15) is 12.0 Å². The molecule has 2 aromatic heterocycles. The molecule has 0 aliphatic heterocycles. The van der Waals surface area contributed by atoms with Gasteiger partial charge in [-0.05, 0) is 38.1 Å². The van der Waals surface area contributed by atoms with Crippen LogP contribution in [0.25, 0.3) is 11.0 Å². The highest BCUT2D eigenvalue weighted by Crippen LogP contribution is 2.27. The first-order valence-electron chi connectivity index (χ1n) is 5.50. The number of ether oxygens (including phenoxy) is 1. The first-order valence-corrected chi connectivity index (χ1v) is 5.50. The van der Waals surface area contributed by atoms with Gasteiger partial charge in [-0.2, -0.15) is 0 Å². The second kappa shape index (κ2) is 4.99. The summed E-state index contributed by atoms with van der Waals surface area (Å²) in [5.41, 5.74) is 2.18. The van der Waals surface area contributed by atoms with Crippen molar-refractivity contribution in [3.05, 3.63) is 24.0 Å². The third-order valence-electron chi connectivity index (χ3n) is 2.71. The summed E-state index contributed by atoms with van der Waals surface area (Å²) in [5, 5.41) is 4.26. The first-order chi connectivity index (χ1) is 7.86. The number of nitrogens with zero attached hydrogens (tertiary/aromatic N) is 1. The maximum atomic E-state index is 5.36. The van der Waals surface area contributed by atoms with Gasteiger partial charge in [0, 0.05) is 12.4 Å². The molecule has 0 spiro atoms. The fraction of sp³-hybridized carbons (Fsp3) is 0.417. The molecule has 0 radical (unpaired) electrons. The molecule has 2 aromatic rings. The minimum atomic E-state index is 0.894. The fourth-order valence-corrected chi connectivity index (χ4v) is 1.91. The highest BCUT2D eigenvalue weighted by molar-refractivity contribution is 5.86. The molecule has 0 amide bonds. The van der Waals surface area contributed by atoms with E-state index in [1.807, 2.05) is 19.3 Å². The van der Waals surface area contributed by atoms with Crippen LogP contribution in [-0.2, 0) is 6.42 Å². The summed E-state index contributed by atoms with van der Waals surface area (Å²) >= 11 is 0. The van der Waals surface area contributed by atoms with Crippen molar-refractivity contribution >= 4 is 11.0 Å². The largest absolute Gasteiger partial charge is 0.496 e. The monoisotopic (exact) mass is 219 g/mol. The third-order valence-corrected chi connectivity index (χ3v) is 2.71. The van der Waals surface area contributed by atoms with Crippen molar-refractivity contribution in [2.24, 2.45) is 0 Å². The normalized spacial score (nSPS) is 10.9. The minimum absolute atomic E-state index is 0.894. The molecule has 4 heteroatoms.